The molecule has 3 aromatic rings. The average Bonchev–Trinajstić information content (AvgIpc) is 3.28. The summed E-state index contributed by atoms with van der Waals surface area (Å²) in [4.78, 5) is 17.9. The standard InChI is InChI=1S/C24H27N3O3S/c1-16-5-3-6-17-13-18(23(28)26-22(16)17)14-27(15-21-7-4-12-30-21)24(31)25-19-8-10-20(29-2)11-9-19/h3,5-6,8-11,13,21H,4,7,12,14-15H2,1-2H3,(H,25,31)(H,26,28). The molecule has 0 aliphatic carbocycles. The summed E-state index contributed by atoms with van der Waals surface area (Å²) in [5.41, 5.74) is 3.38. The van der Waals surface area contributed by atoms with Crippen molar-refractivity contribution >= 4 is 33.9 Å². The molecule has 1 atom stereocenters. The van der Waals surface area contributed by atoms with E-state index in [-0.39, 0.29) is 11.7 Å². The number of anilines is 1. The van der Waals surface area contributed by atoms with Gasteiger partial charge in [-0.2, -0.15) is 0 Å². The number of ether oxygens (including phenoxy) is 2. The summed E-state index contributed by atoms with van der Waals surface area (Å²) in [7, 11) is 1.64. The fraction of sp³-hybridized carbons (Fsp3) is 0.333. The van der Waals surface area contributed by atoms with Crippen molar-refractivity contribution in [3.05, 3.63) is 70.0 Å². The van der Waals surface area contributed by atoms with E-state index in [9.17, 15) is 4.79 Å². The molecule has 1 fully saturated rings. The number of hydrogen-bond donors (Lipinski definition) is 2. The summed E-state index contributed by atoms with van der Waals surface area (Å²) in [6.45, 7) is 3.80. The summed E-state index contributed by atoms with van der Waals surface area (Å²) in [5, 5.41) is 4.86. The largest absolute Gasteiger partial charge is 0.497 e. The molecule has 0 bridgehead atoms. The maximum absolute atomic E-state index is 12.8. The third-order valence-electron chi connectivity index (χ3n) is 5.60. The highest BCUT2D eigenvalue weighted by Crippen LogP contribution is 2.20. The van der Waals surface area contributed by atoms with Crippen LogP contribution in [0.4, 0.5) is 5.69 Å². The second-order valence-corrected chi connectivity index (χ2v) is 8.22. The second kappa shape index (κ2) is 9.49. The van der Waals surface area contributed by atoms with E-state index < -0.39 is 0 Å². The molecule has 0 saturated carbocycles. The number of para-hydroxylation sites is 1. The number of H-pyrrole nitrogens is 1. The Balaban J connectivity index is 1.58. The number of benzene rings is 2. The molecule has 2 N–H and O–H groups in total. The van der Waals surface area contributed by atoms with Gasteiger partial charge in [-0.3, -0.25) is 4.79 Å². The van der Waals surface area contributed by atoms with Crippen LogP contribution >= 0.6 is 12.2 Å². The first kappa shape index (κ1) is 21.3. The van der Waals surface area contributed by atoms with Crippen LogP contribution in [0.3, 0.4) is 0 Å². The zero-order chi connectivity index (χ0) is 21.8. The molecule has 2 aromatic carbocycles. The van der Waals surface area contributed by atoms with E-state index in [2.05, 4.69) is 10.3 Å². The normalized spacial score (nSPS) is 15.7. The quantitative estimate of drug-likeness (QED) is 0.563. The molecule has 1 unspecified atom stereocenters. The average molecular weight is 438 g/mol. The molecule has 0 radical (unpaired) electrons. The van der Waals surface area contributed by atoms with Gasteiger partial charge in [0, 0.05) is 24.4 Å². The van der Waals surface area contributed by atoms with Crippen molar-refractivity contribution in [1.82, 2.24) is 9.88 Å². The second-order valence-electron chi connectivity index (χ2n) is 7.84. The third kappa shape index (κ3) is 5.06. The molecule has 1 aliphatic heterocycles. The first-order valence-electron chi connectivity index (χ1n) is 10.5. The first-order chi connectivity index (χ1) is 15.0. The molecule has 2 heterocycles. The third-order valence-corrected chi connectivity index (χ3v) is 5.96. The number of rotatable bonds is 6. The van der Waals surface area contributed by atoms with E-state index in [4.69, 9.17) is 21.7 Å². The summed E-state index contributed by atoms with van der Waals surface area (Å²) in [6, 6.07) is 15.6. The summed E-state index contributed by atoms with van der Waals surface area (Å²) in [6.07, 6.45) is 2.15. The van der Waals surface area contributed by atoms with Gasteiger partial charge in [0.25, 0.3) is 5.56 Å². The van der Waals surface area contributed by atoms with Gasteiger partial charge in [0.05, 0.1) is 25.3 Å². The number of pyridine rings is 1. The van der Waals surface area contributed by atoms with Crippen molar-refractivity contribution < 1.29 is 9.47 Å². The van der Waals surface area contributed by atoms with Gasteiger partial charge in [0.1, 0.15) is 5.75 Å². The Kier molecular flexibility index (Phi) is 6.53. The van der Waals surface area contributed by atoms with Crippen molar-refractivity contribution in [2.75, 3.05) is 25.6 Å². The van der Waals surface area contributed by atoms with Crippen LogP contribution in [0.2, 0.25) is 0 Å². The Morgan fingerprint density at radius 1 is 1.29 bits per heavy atom. The molecule has 1 saturated heterocycles. The number of methoxy groups -OCH3 is 1. The van der Waals surface area contributed by atoms with Crippen molar-refractivity contribution in [1.29, 1.82) is 0 Å². The van der Waals surface area contributed by atoms with Gasteiger partial charge in [0.15, 0.2) is 5.11 Å². The highest BCUT2D eigenvalue weighted by atomic mass is 32.1. The molecular weight excluding hydrogens is 410 g/mol. The predicted molar refractivity (Wildman–Crippen MR) is 128 cm³/mol. The first-order valence-corrected chi connectivity index (χ1v) is 10.9. The molecule has 0 amide bonds. The van der Waals surface area contributed by atoms with Crippen LogP contribution in [0.5, 0.6) is 5.75 Å². The zero-order valence-corrected chi connectivity index (χ0v) is 18.6. The lowest BCUT2D eigenvalue weighted by atomic mass is 10.1. The van der Waals surface area contributed by atoms with Gasteiger partial charge >= 0.3 is 0 Å². The number of aryl methyl sites for hydroxylation is 1. The van der Waals surface area contributed by atoms with Crippen LogP contribution in [0.25, 0.3) is 10.9 Å². The Bertz CT molecular complexity index is 1120. The number of fused-ring (bicyclic) bond motifs is 1. The monoisotopic (exact) mass is 437 g/mol. The van der Waals surface area contributed by atoms with E-state index >= 15 is 0 Å². The molecule has 162 valence electrons. The lowest BCUT2D eigenvalue weighted by molar-refractivity contribution is 0.0904. The molecule has 1 aromatic heterocycles. The number of hydrogen-bond acceptors (Lipinski definition) is 4. The molecule has 31 heavy (non-hydrogen) atoms. The molecule has 1 aliphatic rings. The van der Waals surface area contributed by atoms with Crippen molar-refractivity contribution in [2.45, 2.75) is 32.4 Å². The highest BCUT2D eigenvalue weighted by molar-refractivity contribution is 7.80. The van der Waals surface area contributed by atoms with E-state index in [0.717, 1.165) is 47.4 Å². The van der Waals surface area contributed by atoms with E-state index in [0.29, 0.717) is 23.8 Å². The number of nitrogens with zero attached hydrogens (tertiary/aromatic N) is 1. The lowest BCUT2D eigenvalue weighted by Gasteiger charge is -2.28. The minimum atomic E-state index is -0.0913. The van der Waals surface area contributed by atoms with E-state index in [1.807, 2.05) is 60.4 Å². The smallest absolute Gasteiger partial charge is 0.253 e. The van der Waals surface area contributed by atoms with Crippen LogP contribution < -0.4 is 15.6 Å². The molecule has 0 spiro atoms. The van der Waals surface area contributed by atoms with Gasteiger partial charge in [-0.05, 0) is 73.3 Å². The van der Waals surface area contributed by atoms with E-state index in [1.54, 1.807) is 7.11 Å². The SMILES string of the molecule is COc1ccc(NC(=S)N(Cc2cc3cccc(C)c3[nH]c2=O)CC2CCCO2)cc1. The summed E-state index contributed by atoms with van der Waals surface area (Å²) >= 11 is 5.73. The minimum Gasteiger partial charge on any atom is -0.497 e. The van der Waals surface area contributed by atoms with Crippen molar-refractivity contribution in [2.24, 2.45) is 0 Å². The van der Waals surface area contributed by atoms with Crippen LogP contribution in [-0.2, 0) is 11.3 Å². The summed E-state index contributed by atoms with van der Waals surface area (Å²) in [5.74, 6) is 0.783. The maximum Gasteiger partial charge on any atom is 0.253 e. The van der Waals surface area contributed by atoms with Gasteiger partial charge in [-0.1, -0.05) is 18.2 Å². The minimum absolute atomic E-state index is 0.0913. The van der Waals surface area contributed by atoms with Crippen LogP contribution in [0.1, 0.15) is 24.0 Å². The van der Waals surface area contributed by atoms with Gasteiger partial charge in [0.2, 0.25) is 0 Å². The van der Waals surface area contributed by atoms with Gasteiger partial charge in [-0.15, -0.1) is 0 Å². The van der Waals surface area contributed by atoms with Crippen LogP contribution in [-0.4, -0.2) is 41.4 Å². The zero-order valence-electron chi connectivity index (χ0n) is 17.8. The van der Waals surface area contributed by atoms with Gasteiger partial charge in [-0.25, -0.2) is 0 Å². The fourth-order valence-corrected chi connectivity index (χ4v) is 4.14. The van der Waals surface area contributed by atoms with Crippen molar-refractivity contribution in [3.63, 3.8) is 0 Å². The highest BCUT2D eigenvalue weighted by Gasteiger charge is 2.22. The number of aromatic amines is 1. The maximum atomic E-state index is 12.8. The van der Waals surface area contributed by atoms with Gasteiger partial charge < -0.3 is 24.7 Å². The molecular formula is C24H27N3O3S. The Morgan fingerprint density at radius 2 is 2.10 bits per heavy atom. The van der Waals surface area contributed by atoms with Crippen LogP contribution in [0, 0.1) is 6.92 Å². The Labute approximate surface area is 187 Å². The van der Waals surface area contributed by atoms with E-state index in [1.165, 1.54) is 0 Å². The molecule has 6 nitrogen and oxygen atoms in total. The van der Waals surface area contributed by atoms with Crippen molar-refractivity contribution in [3.8, 4) is 5.75 Å². The summed E-state index contributed by atoms with van der Waals surface area (Å²) < 4.78 is 11.1. The topological polar surface area (TPSA) is 66.6 Å². The number of nitrogens with one attached hydrogen (secondary N) is 2. The fourth-order valence-electron chi connectivity index (χ4n) is 3.88. The lowest BCUT2D eigenvalue weighted by Crippen LogP contribution is -2.40. The Morgan fingerprint density at radius 3 is 2.81 bits per heavy atom. The number of aromatic nitrogens is 1. The Hall–Kier alpha value is -2.90. The molecule has 4 rings (SSSR count). The van der Waals surface area contributed by atoms with Crippen LogP contribution in [0.15, 0.2) is 53.3 Å². The number of thiocarbonyl (C=S) groups is 1. The predicted octanol–water partition coefficient (Wildman–Crippen LogP) is 4.22. The molecule has 7 heteroatoms.